The van der Waals surface area contributed by atoms with Gasteiger partial charge >= 0.3 is 0 Å². The Labute approximate surface area is 192 Å². The highest BCUT2D eigenvalue weighted by Crippen LogP contribution is 2.64. The van der Waals surface area contributed by atoms with E-state index < -0.39 is 17.2 Å². The Bertz CT molecular complexity index is 1150. The van der Waals surface area contributed by atoms with Gasteiger partial charge in [-0.2, -0.15) is 0 Å². The van der Waals surface area contributed by atoms with E-state index in [0.717, 1.165) is 36.5 Å². The van der Waals surface area contributed by atoms with Crippen molar-refractivity contribution < 1.29 is 23.8 Å². The second-order valence-corrected chi connectivity index (χ2v) is 9.94. The summed E-state index contributed by atoms with van der Waals surface area (Å²) in [6.07, 6.45) is 9.57. The van der Waals surface area contributed by atoms with Crippen LogP contribution < -0.4 is 0 Å². The number of phenolic OH excluding ortho intramolecular Hbond substituents is 1. The van der Waals surface area contributed by atoms with Crippen molar-refractivity contribution in [1.29, 1.82) is 0 Å². The molecule has 0 aliphatic heterocycles. The van der Waals surface area contributed by atoms with Crippen molar-refractivity contribution in [3.05, 3.63) is 64.7 Å². The fourth-order valence-electron chi connectivity index (χ4n) is 6.63. The summed E-state index contributed by atoms with van der Waals surface area (Å²) in [5, 5.41) is 25.7. The number of terminal acetylenes is 1. The lowest BCUT2D eigenvalue weighted by atomic mass is 9.53. The summed E-state index contributed by atoms with van der Waals surface area (Å²) in [4.78, 5) is 5.54. The van der Waals surface area contributed by atoms with Crippen LogP contribution in [0.1, 0.15) is 61.6 Å². The third-order valence-electron chi connectivity index (χ3n) is 8.33. The van der Waals surface area contributed by atoms with Crippen LogP contribution in [0.15, 0.2) is 41.6 Å². The highest BCUT2D eigenvalue weighted by Gasteiger charge is 2.61. The highest BCUT2D eigenvalue weighted by atomic mass is 19.1. The first-order valence-corrected chi connectivity index (χ1v) is 11.4. The molecule has 0 aromatic heterocycles. The van der Waals surface area contributed by atoms with E-state index in [1.807, 2.05) is 6.07 Å². The topological polar surface area (TPSA) is 62.1 Å². The van der Waals surface area contributed by atoms with Crippen molar-refractivity contribution in [3.8, 4) is 18.1 Å². The largest absolute Gasteiger partial charge is 0.508 e. The fraction of sp³-hybridized carbons (Fsp3) is 0.444. The highest BCUT2D eigenvalue weighted by molar-refractivity contribution is 6.03. The molecule has 2 fully saturated rings. The number of benzene rings is 2. The standard InChI is InChI=1S/C27H27F2NO3/c1-3-27(32)9-7-24-22-14-25(30-33-15-16-10-17(28)12-18(29)11-16)23-13-19(31)4-5-20(23)21(22)6-8-26(24,27)2/h1,4-5,10-13,21-22,24,31-32H,6-9,14-15H2,2H3/t21-,22-,24+,26+,27-/m1/s1. The molecule has 2 aromatic rings. The lowest BCUT2D eigenvalue weighted by Crippen LogP contribution is -2.50. The quantitative estimate of drug-likeness (QED) is 0.494. The Kier molecular flexibility index (Phi) is 5.21. The van der Waals surface area contributed by atoms with Gasteiger partial charge in [-0.3, -0.25) is 0 Å². The van der Waals surface area contributed by atoms with E-state index in [-0.39, 0.29) is 35.5 Å². The van der Waals surface area contributed by atoms with Crippen LogP contribution in [-0.4, -0.2) is 21.5 Å². The second kappa shape index (κ2) is 7.85. The lowest BCUT2D eigenvalue weighted by Gasteiger charge is -2.52. The average Bonchev–Trinajstić information content (AvgIpc) is 3.04. The minimum absolute atomic E-state index is 0.0710. The monoisotopic (exact) mass is 451 g/mol. The molecule has 3 aliphatic rings. The molecule has 2 N–H and O–H groups in total. The normalized spacial score (nSPS) is 33.7. The maximum Gasteiger partial charge on any atom is 0.142 e. The first-order valence-electron chi connectivity index (χ1n) is 11.4. The molecule has 6 heteroatoms. The molecule has 4 nitrogen and oxygen atoms in total. The molecule has 172 valence electrons. The number of rotatable bonds is 3. The van der Waals surface area contributed by atoms with E-state index in [4.69, 9.17) is 11.3 Å². The minimum Gasteiger partial charge on any atom is -0.508 e. The van der Waals surface area contributed by atoms with Crippen LogP contribution in [0.5, 0.6) is 5.75 Å². The number of fused-ring (bicyclic) bond motifs is 5. The van der Waals surface area contributed by atoms with E-state index in [9.17, 15) is 19.0 Å². The molecule has 0 amide bonds. The second-order valence-electron chi connectivity index (χ2n) is 9.94. The molecule has 0 bridgehead atoms. The molecule has 0 unspecified atom stereocenters. The summed E-state index contributed by atoms with van der Waals surface area (Å²) in [6.45, 7) is 2.04. The van der Waals surface area contributed by atoms with Crippen LogP contribution in [0, 0.1) is 41.2 Å². The Hall–Kier alpha value is -2.91. The van der Waals surface area contributed by atoms with Gasteiger partial charge in [-0.25, -0.2) is 8.78 Å². The lowest BCUT2D eigenvalue weighted by molar-refractivity contribution is -0.0615. The summed E-state index contributed by atoms with van der Waals surface area (Å²) in [7, 11) is 0. The first kappa shape index (κ1) is 21.9. The van der Waals surface area contributed by atoms with Crippen LogP contribution >= 0.6 is 0 Å². The van der Waals surface area contributed by atoms with Crippen LogP contribution in [-0.2, 0) is 11.4 Å². The van der Waals surface area contributed by atoms with Gasteiger partial charge in [0.15, 0.2) is 0 Å². The fourth-order valence-corrected chi connectivity index (χ4v) is 6.63. The number of oxime groups is 1. The molecule has 5 atom stereocenters. The summed E-state index contributed by atoms with van der Waals surface area (Å²) in [5.41, 5.74) is 1.54. The number of nitrogens with zero attached hydrogens (tertiary/aromatic N) is 1. The van der Waals surface area contributed by atoms with Crippen LogP contribution in [0.3, 0.4) is 0 Å². The Morgan fingerprint density at radius 2 is 1.91 bits per heavy atom. The molecular weight excluding hydrogens is 424 g/mol. The predicted octanol–water partition coefficient (Wildman–Crippen LogP) is 5.27. The van der Waals surface area contributed by atoms with Gasteiger partial charge in [0.05, 0.1) is 5.71 Å². The third kappa shape index (κ3) is 3.50. The van der Waals surface area contributed by atoms with Gasteiger partial charge < -0.3 is 15.1 Å². The summed E-state index contributed by atoms with van der Waals surface area (Å²) in [6, 6.07) is 8.58. The van der Waals surface area contributed by atoms with Gasteiger partial charge in [-0.1, -0.05) is 24.1 Å². The van der Waals surface area contributed by atoms with Crippen molar-refractivity contribution in [2.75, 3.05) is 0 Å². The molecule has 0 spiro atoms. The number of aromatic hydroxyl groups is 1. The SMILES string of the molecule is C#C[C@@]1(O)CC[C@H]2[C@@H]3CC(=NOCc4cc(F)cc(F)c4)c4cc(O)ccc4[C@H]3CC[C@@]21C. The molecule has 3 aliphatic carbocycles. The van der Waals surface area contributed by atoms with Gasteiger partial charge in [-0.05, 0) is 85.3 Å². The van der Waals surface area contributed by atoms with E-state index in [1.165, 1.54) is 12.1 Å². The number of aliphatic hydroxyl groups is 1. The van der Waals surface area contributed by atoms with Crippen molar-refractivity contribution in [2.24, 2.45) is 22.4 Å². The molecule has 0 heterocycles. The number of hydrogen-bond donors (Lipinski definition) is 2. The zero-order chi connectivity index (χ0) is 23.4. The molecule has 2 saturated carbocycles. The van der Waals surface area contributed by atoms with Crippen LogP contribution in [0.4, 0.5) is 8.78 Å². The van der Waals surface area contributed by atoms with E-state index in [1.54, 1.807) is 12.1 Å². The molecule has 33 heavy (non-hydrogen) atoms. The molecule has 0 radical (unpaired) electrons. The molecule has 2 aromatic carbocycles. The maximum atomic E-state index is 13.5. The molecule has 0 saturated heterocycles. The van der Waals surface area contributed by atoms with E-state index >= 15 is 0 Å². The van der Waals surface area contributed by atoms with Crippen LogP contribution in [0.2, 0.25) is 0 Å². The summed E-state index contributed by atoms with van der Waals surface area (Å²) >= 11 is 0. The van der Waals surface area contributed by atoms with Gasteiger partial charge in [0.2, 0.25) is 0 Å². The minimum atomic E-state index is -1.10. The summed E-state index contributed by atoms with van der Waals surface area (Å²) in [5.74, 6) is 2.26. The molecule has 5 rings (SSSR count). The smallest absolute Gasteiger partial charge is 0.142 e. The van der Waals surface area contributed by atoms with Crippen molar-refractivity contribution in [3.63, 3.8) is 0 Å². The maximum absolute atomic E-state index is 13.5. The molecular formula is C27H27F2NO3. The Morgan fingerprint density at radius 1 is 1.15 bits per heavy atom. The predicted molar refractivity (Wildman–Crippen MR) is 120 cm³/mol. The third-order valence-corrected chi connectivity index (χ3v) is 8.33. The van der Waals surface area contributed by atoms with Crippen LogP contribution in [0.25, 0.3) is 0 Å². The summed E-state index contributed by atoms with van der Waals surface area (Å²) < 4.78 is 27.0. The Balaban J connectivity index is 1.47. The van der Waals surface area contributed by atoms with Crippen molar-refractivity contribution >= 4 is 5.71 Å². The van der Waals surface area contributed by atoms with E-state index in [2.05, 4.69) is 18.0 Å². The van der Waals surface area contributed by atoms with Crippen molar-refractivity contribution in [2.45, 2.75) is 57.2 Å². The average molecular weight is 452 g/mol. The number of hydrogen-bond acceptors (Lipinski definition) is 4. The van der Waals surface area contributed by atoms with Gasteiger partial charge in [0.25, 0.3) is 0 Å². The van der Waals surface area contributed by atoms with Crippen molar-refractivity contribution in [1.82, 2.24) is 0 Å². The zero-order valence-corrected chi connectivity index (χ0v) is 18.5. The van der Waals surface area contributed by atoms with Gasteiger partial charge in [0.1, 0.15) is 29.6 Å². The first-order chi connectivity index (χ1) is 15.7. The van der Waals surface area contributed by atoms with E-state index in [0.29, 0.717) is 24.1 Å². The van der Waals surface area contributed by atoms with Gasteiger partial charge in [-0.15, -0.1) is 6.42 Å². The Morgan fingerprint density at radius 3 is 2.64 bits per heavy atom. The van der Waals surface area contributed by atoms with Gasteiger partial charge in [0, 0.05) is 17.0 Å². The number of halogens is 2. The number of phenols is 1. The zero-order valence-electron chi connectivity index (χ0n) is 18.5.